The molecular formula is C15H11N5O2S2. The Morgan fingerprint density at radius 2 is 2.38 bits per heavy atom. The van der Waals surface area contributed by atoms with E-state index >= 15 is 0 Å². The molecule has 4 N–H and O–H groups in total. The average Bonchev–Trinajstić information content (AvgIpc) is 3.23. The summed E-state index contributed by atoms with van der Waals surface area (Å²) in [6, 6.07) is 5.84. The second-order valence-corrected chi connectivity index (χ2v) is 7.06. The van der Waals surface area contributed by atoms with Gasteiger partial charge >= 0.3 is 0 Å². The maximum atomic E-state index is 12.7. The van der Waals surface area contributed by atoms with Gasteiger partial charge in [-0.15, -0.1) is 11.3 Å². The van der Waals surface area contributed by atoms with Crippen molar-refractivity contribution in [1.29, 1.82) is 5.26 Å². The molecule has 24 heavy (non-hydrogen) atoms. The molecule has 0 radical (unpaired) electrons. The van der Waals surface area contributed by atoms with Gasteiger partial charge in [0, 0.05) is 11.9 Å². The fourth-order valence-electron chi connectivity index (χ4n) is 2.74. The molecule has 1 atom stereocenters. The minimum absolute atomic E-state index is 0.0229. The van der Waals surface area contributed by atoms with Crippen molar-refractivity contribution in [3.05, 3.63) is 49.8 Å². The van der Waals surface area contributed by atoms with Gasteiger partial charge < -0.3 is 20.8 Å². The van der Waals surface area contributed by atoms with Gasteiger partial charge in [0.15, 0.2) is 16.5 Å². The van der Waals surface area contributed by atoms with Gasteiger partial charge in [-0.2, -0.15) is 5.26 Å². The molecule has 3 aromatic rings. The largest absolute Gasteiger partial charge is 0.438 e. The van der Waals surface area contributed by atoms with Gasteiger partial charge in [-0.25, -0.2) is 4.98 Å². The van der Waals surface area contributed by atoms with Crippen molar-refractivity contribution in [3.63, 3.8) is 0 Å². The van der Waals surface area contributed by atoms with E-state index in [0.29, 0.717) is 26.8 Å². The Bertz CT molecular complexity index is 1070. The summed E-state index contributed by atoms with van der Waals surface area (Å²) in [6.07, 6.45) is 0. The summed E-state index contributed by atoms with van der Waals surface area (Å²) in [4.78, 5) is 20.6. The summed E-state index contributed by atoms with van der Waals surface area (Å²) < 4.78 is 6.37. The van der Waals surface area contributed by atoms with Crippen LogP contribution in [0.4, 0.5) is 5.13 Å². The Balaban J connectivity index is 2.08. The van der Waals surface area contributed by atoms with Gasteiger partial charge in [0.1, 0.15) is 16.3 Å². The predicted octanol–water partition coefficient (Wildman–Crippen LogP) is 2.31. The smallest absolute Gasteiger partial charge is 0.257 e. The third-order valence-electron chi connectivity index (χ3n) is 3.77. The van der Waals surface area contributed by atoms with Crippen LogP contribution in [-0.4, -0.2) is 17.0 Å². The first-order chi connectivity index (χ1) is 11.6. The quantitative estimate of drug-likeness (QED) is 0.648. The summed E-state index contributed by atoms with van der Waals surface area (Å²) in [6.45, 7) is 0. The van der Waals surface area contributed by atoms with E-state index in [1.807, 2.05) is 17.5 Å². The summed E-state index contributed by atoms with van der Waals surface area (Å²) in [5, 5.41) is 15.0. The summed E-state index contributed by atoms with van der Waals surface area (Å²) in [5.41, 5.74) is 6.72. The average molecular weight is 357 g/mol. The highest BCUT2D eigenvalue weighted by molar-refractivity contribution is 7.22. The molecule has 1 aliphatic rings. The Hall–Kier alpha value is -2.83. The van der Waals surface area contributed by atoms with Crippen LogP contribution in [0.15, 0.2) is 33.8 Å². The van der Waals surface area contributed by atoms with Gasteiger partial charge in [-0.1, -0.05) is 17.4 Å². The lowest BCUT2D eigenvalue weighted by atomic mass is 9.89. The van der Waals surface area contributed by atoms with Gasteiger partial charge in [-0.05, 0) is 11.4 Å². The first-order valence-electron chi connectivity index (χ1n) is 6.99. The first-order valence-corrected chi connectivity index (χ1v) is 8.69. The highest BCUT2D eigenvalue weighted by Gasteiger charge is 2.35. The number of pyridine rings is 1. The molecule has 120 valence electrons. The van der Waals surface area contributed by atoms with Crippen molar-refractivity contribution in [3.8, 4) is 11.8 Å². The van der Waals surface area contributed by atoms with Gasteiger partial charge in [0.25, 0.3) is 5.56 Å². The maximum absolute atomic E-state index is 12.7. The van der Waals surface area contributed by atoms with Gasteiger partial charge in [-0.3, -0.25) is 4.79 Å². The van der Waals surface area contributed by atoms with E-state index < -0.39 is 5.92 Å². The lowest BCUT2D eigenvalue weighted by Crippen LogP contribution is -2.27. The number of aromatic amines is 1. The normalized spacial score (nSPS) is 16.6. The van der Waals surface area contributed by atoms with Crippen LogP contribution in [0.2, 0.25) is 0 Å². The number of H-pyrrole nitrogens is 1. The van der Waals surface area contributed by atoms with Crippen molar-refractivity contribution in [2.24, 2.45) is 5.73 Å². The molecule has 0 spiro atoms. The van der Waals surface area contributed by atoms with Crippen molar-refractivity contribution < 1.29 is 4.74 Å². The lowest BCUT2D eigenvalue weighted by molar-refractivity contribution is 0.398. The van der Waals surface area contributed by atoms with Crippen molar-refractivity contribution >= 4 is 38.2 Å². The third kappa shape index (κ3) is 2.01. The number of hydrogen-bond acceptors (Lipinski definition) is 8. The zero-order valence-electron chi connectivity index (χ0n) is 12.4. The number of rotatable bonds is 2. The Morgan fingerprint density at radius 1 is 1.54 bits per heavy atom. The first kappa shape index (κ1) is 14.7. The summed E-state index contributed by atoms with van der Waals surface area (Å²) in [7, 11) is 1.75. The molecule has 0 saturated carbocycles. The molecule has 0 amide bonds. The zero-order chi connectivity index (χ0) is 16.8. The van der Waals surface area contributed by atoms with Crippen molar-refractivity contribution in [2.75, 3.05) is 12.4 Å². The molecule has 0 fully saturated rings. The number of fused-ring (bicyclic) bond motifs is 3. The summed E-state index contributed by atoms with van der Waals surface area (Å²) >= 11 is 2.82. The summed E-state index contributed by atoms with van der Waals surface area (Å²) in [5.74, 6) is -0.135. The number of allylic oxidation sites excluding steroid dienone is 1. The number of nitrogens with two attached hydrogens (primary N) is 1. The van der Waals surface area contributed by atoms with Crippen LogP contribution in [0.3, 0.4) is 0 Å². The van der Waals surface area contributed by atoms with Crippen LogP contribution in [0.5, 0.6) is 5.75 Å². The number of nitrogens with zero attached hydrogens (tertiary/aromatic N) is 2. The van der Waals surface area contributed by atoms with Crippen LogP contribution in [0, 0.1) is 11.3 Å². The molecule has 1 aliphatic heterocycles. The Morgan fingerprint density at radius 3 is 3.04 bits per heavy atom. The van der Waals surface area contributed by atoms with Crippen LogP contribution < -0.4 is 21.3 Å². The number of nitriles is 1. The molecule has 4 heterocycles. The third-order valence-corrected chi connectivity index (χ3v) is 5.78. The molecule has 0 saturated heterocycles. The van der Waals surface area contributed by atoms with E-state index in [9.17, 15) is 10.1 Å². The fourth-order valence-corrected chi connectivity index (χ4v) is 4.45. The van der Waals surface area contributed by atoms with E-state index in [0.717, 1.165) is 4.88 Å². The standard InChI is InChI=1S/C15H11N5O2S2/c1-18-15-20-13-11(24-15)10-9(14(21)19-13)8(7-3-2-4-23-7)6(5-16)12(17)22-10/h2-4,8H,17H2,1H3,(H2,18,19,20,21)/t8-/m0/s1. The number of ether oxygens (including phenoxy) is 1. The van der Waals surface area contributed by atoms with E-state index in [1.54, 1.807) is 7.05 Å². The Labute approximate surface area is 144 Å². The lowest BCUT2D eigenvalue weighted by Gasteiger charge is -2.24. The molecule has 9 heteroatoms. The zero-order valence-corrected chi connectivity index (χ0v) is 14.0. The van der Waals surface area contributed by atoms with E-state index in [1.165, 1.54) is 22.7 Å². The Kier molecular flexibility index (Phi) is 3.30. The molecule has 0 bridgehead atoms. The van der Waals surface area contributed by atoms with E-state index in [-0.39, 0.29) is 17.0 Å². The van der Waals surface area contributed by atoms with Gasteiger partial charge in [0.2, 0.25) is 5.88 Å². The van der Waals surface area contributed by atoms with E-state index in [2.05, 4.69) is 21.4 Å². The maximum Gasteiger partial charge on any atom is 0.257 e. The van der Waals surface area contributed by atoms with Crippen LogP contribution in [0.1, 0.15) is 16.4 Å². The highest BCUT2D eigenvalue weighted by atomic mass is 32.1. The minimum Gasteiger partial charge on any atom is -0.438 e. The van der Waals surface area contributed by atoms with Crippen molar-refractivity contribution in [1.82, 2.24) is 9.97 Å². The van der Waals surface area contributed by atoms with Gasteiger partial charge in [0.05, 0.1) is 11.5 Å². The SMILES string of the molecule is CNc1nc2[nH]c(=O)c3c(c2s1)OC(N)=C(C#N)[C@H]3c1cccs1. The van der Waals surface area contributed by atoms with Crippen LogP contribution in [-0.2, 0) is 0 Å². The number of thiophene rings is 1. The molecule has 0 aromatic carbocycles. The van der Waals surface area contributed by atoms with Crippen molar-refractivity contribution in [2.45, 2.75) is 5.92 Å². The number of hydrogen-bond donors (Lipinski definition) is 3. The van der Waals surface area contributed by atoms with Crippen LogP contribution >= 0.6 is 22.7 Å². The topological polar surface area (TPSA) is 117 Å². The monoisotopic (exact) mass is 357 g/mol. The molecule has 4 rings (SSSR count). The second kappa shape index (κ2) is 5.36. The number of aromatic nitrogens is 2. The fraction of sp³-hybridized carbons (Fsp3) is 0.133. The molecule has 7 nitrogen and oxygen atoms in total. The predicted molar refractivity (Wildman–Crippen MR) is 93.4 cm³/mol. The van der Waals surface area contributed by atoms with Crippen LogP contribution in [0.25, 0.3) is 10.3 Å². The second-order valence-electron chi connectivity index (χ2n) is 5.08. The molecule has 0 aliphatic carbocycles. The highest BCUT2D eigenvalue weighted by Crippen LogP contribution is 2.45. The number of anilines is 1. The minimum atomic E-state index is -0.535. The molecular weight excluding hydrogens is 346 g/mol. The molecule has 0 unspecified atom stereocenters. The molecule has 3 aromatic heterocycles. The van der Waals surface area contributed by atoms with E-state index in [4.69, 9.17) is 10.5 Å². The number of thiazole rings is 1. The number of nitrogens with one attached hydrogen (secondary N) is 2.